The van der Waals surface area contributed by atoms with Gasteiger partial charge in [0.2, 0.25) is 5.91 Å². The van der Waals surface area contributed by atoms with Gasteiger partial charge in [-0.15, -0.1) is 0 Å². The van der Waals surface area contributed by atoms with Crippen LogP contribution in [0.5, 0.6) is 5.75 Å². The van der Waals surface area contributed by atoms with E-state index in [1.54, 1.807) is 12.1 Å². The highest BCUT2D eigenvalue weighted by atomic mass is 35.5. The average molecular weight is 388 g/mol. The third-order valence-corrected chi connectivity index (χ3v) is 4.22. The van der Waals surface area contributed by atoms with Crippen molar-refractivity contribution in [2.45, 2.75) is 6.54 Å². The molecule has 2 aromatic carbocycles. The summed E-state index contributed by atoms with van der Waals surface area (Å²) in [5.41, 5.74) is 0.398. The summed E-state index contributed by atoms with van der Waals surface area (Å²) in [5, 5.41) is 14.4. The molecular weight excluding hydrogens is 374 g/mol. The summed E-state index contributed by atoms with van der Waals surface area (Å²) >= 11 is 6.03. The van der Waals surface area contributed by atoms with E-state index in [0.717, 1.165) is 0 Å². The molecule has 0 atom stereocenters. The van der Waals surface area contributed by atoms with Crippen LogP contribution in [-0.2, 0) is 11.3 Å². The number of amides is 1. The van der Waals surface area contributed by atoms with E-state index in [9.17, 15) is 19.7 Å². The number of nitrogens with one attached hydrogen (secondary N) is 1. The number of ether oxygens (including phenoxy) is 1. The first-order chi connectivity index (χ1) is 12.9. The van der Waals surface area contributed by atoms with Gasteiger partial charge in [-0.3, -0.25) is 24.3 Å². The van der Waals surface area contributed by atoms with Gasteiger partial charge in [-0.1, -0.05) is 11.6 Å². The van der Waals surface area contributed by atoms with E-state index in [-0.39, 0.29) is 17.8 Å². The van der Waals surface area contributed by atoms with Crippen LogP contribution in [0, 0.1) is 10.1 Å². The Kier molecular flexibility index (Phi) is 5.09. The minimum Gasteiger partial charge on any atom is -0.495 e. The Morgan fingerprint density at radius 1 is 1.22 bits per heavy atom. The van der Waals surface area contributed by atoms with E-state index in [4.69, 9.17) is 16.3 Å². The van der Waals surface area contributed by atoms with Gasteiger partial charge in [-0.05, 0) is 30.3 Å². The van der Waals surface area contributed by atoms with Crippen molar-refractivity contribution in [3.63, 3.8) is 0 Å². The van der Waals surface area contributed by atoms with Gasteiger partial charge in [0.15, 0.2) is 0 Å². The smallest absolute Gasteiger partial charge is 0.270 e. The number of benzene rings is 2. The fraction of sp³-hybridized carbons (Fsp3) is 0.111. The molecule has 1 heterocycles. The molecule has 138 valence electrons. The second-order valence-electron chi connectivity index (χ2n) is 5.66. The highest BCUT2D eigenvalue weighted by Crippen LogP contribution is 2.27. The number of hydrogen-bond donors (Lipinski definition) is 1. The number of nitro benzene ring substituents is 1. The predicted molar refractivity (Wildman–Crippen MR) is 101 cm³/mol. The van der Waals surface area contributed by atoms with Crippen molar-refractivity contribution in [3.8, 4) is 5.75 Å². The molecule has 3 rings (SSSR count). The van der Waals surface area contributed by atoms with Crippen molar-refractivity contribution in [1.82, 2.24) is 4.57 Å². The summed E-state index contributed by atoms with van der Waals surface area (Å²) in [6, 6.07) is 11.6. The van der Waals surface area contributed by atoms with Gasteiger partial charge < -0.3 is 10.1 Å². The second-order valence-corrected chi connectivity index (χ2v) is 6.06. The van der Waals surface area contributed by atoms with Gasteiger partial charge in [-0.2, -0.15) is 0 Å². The zero-order valence-corrected chi connectivity index (χ0v) is 14.9. The molecule has 1 amide bonds. The first kappa shape index (κ1) is 18.4. The molecule has 0 aliphatic carbocycles. The molecule has 0 bridgehead atoms. The normalized spacial score (nSPS) is 10.6. The molecule has 1 aromatic heterocycles. The fourth-order valence-electron chi connectivity index (χ4n) is 2.66. The van der Waals surface area contributed by atoms with Crippen molar-refractivity contribution in [2.75, 3.05) is 12.4 Å². The third kappa shape index (κ3) is 3.90. The molecule has 0 saturated carbocycles. The van der Waals surface area contributed by atoms with Gasteiger partial charge in [-0.25, -0.2) is 0 Å². The van der Waals surface area contributed by atoms with Crippen LogP contribution in [-0.4, -0.2) is 22.5 Å². The molecule has 0 spiro atoms. The van der Waals surface area contributed by atoms with Crippen LogP contribution in [0.4, 0.5) is 11.4 Å². The highest BCUT2D eigenvalue weighted by molar-refractivity contribution is 6.32. The minimum atomic E-state index is -0.519. The Hall–Kier alpha value is -3.39. The SMILES string of the molecule is COc1ccc(NC(=O)Cn2c(=O)ccc3cc([N+](=O)[O-])ccc32)cc1Cl. The van der Waals surface area contributed by atoms with Crippen LogP contribution >= 0.6 is 11.6 Å². The standard InChI is InChI=1S/C18H14ClN3O5/c1-27-16-6-3-12(9-14(16)19)20-17(23)10-21-15-5-4-13(22(25)26)8-11(15)2-7-18(21)24/h2-9H,10H2,1H3,(H,20,23). The lowest BCUT2D eigenvalue weighted by molar-refractivity contribution is -0.384. The number of aromatic nitrogens is 1. The molecule has 9 heteroatoms. The molecule has 0 radical (unpaired) electrons. The lowest BCUT2D eigenvalue weighted by Crippen LogP contribution is -2.27. The van der Waals surface area contributed by atoms with Crippen LogP contribution < -0.4 is 15.6 Å². The van der Waals surface area contributed by atoms with E-state index in [2.05, 4.69) is 5.32 Å². The first-order valence-corrected chi connectivity index (χ1v) is 8.18. The lowest BCUT2D eigenvalue weighted by atomic mass is 10.2. The number of non-ortho nitro benzene ring substituents is 1. The Morgan fingerprint density at radius 2 is 2.00 bits per heavy atom. The minimum absolute atomic E-state index is 0.0926. The summed E-state index contributed by atoms with van der Waals surface area (Å²) in [4.78, 5) is 34.9. The number of hydrogen-bond acceptors (Lipinski definition) is 5. The zero-order valence-electron chi connectivity index (χ0n) is 14.1. The number of carbonyl (C=O) groups excluding carboxylic acids is 1. The van der Waals surface area contributed by atoms with Gasteiger partial charge in [0.05, 0.1) is 22.6 Å². The highest BCUT2D eigenvalue weighted by Gasteiger charge is 2.12. The number of rotatable bonds is 5. The summed E-state index contributed by atoms with van der Waals surface area (Å²) in [7, 11) is 1.48. The number of carbonyl (C=O) groups is 1. The summed E-state index contributed by atoms with van der Waals surface area (Å²) in [5.74, 6) is 0.0331. The fourth-order valence-corrected chi connectivity index (χ4v) is 2.91. The molecule has 8 nitrogen and oxygen atoms in total. The molecule has 0 unspecified atom stereocenters. The summed E-state index contributed by atoms with van der Waals surface area (Å²) in [6.07, 6.45) is 0. The van der Waals surface area contributed by atoms with Crippen LogP contribution in [0.15, 0.2) is 53.3 Å². The number of anilines is 1. The second kappa shape index (κ2) is 7.46. The molecule has 3 aromatic rings. The molecule has 0 aliphatic rings. The van der Waals surface area contributed by atoms with E-state index in [0.29, 0.717) is 27.4 Å². The summed E-state index contributed by atoms with van der Waals surface area (Å²) in [6.45, 7) is -0.252. The molecule has 27 heavy (non-hydrogen) atoms. The Morgan fingerprint density at radius 3 is 2.67 bits per heavy atom. The number of pyridine rings is 1. The maximum absolute atomic E-state index is 12.4. The van der Waals surface area contributed by atoms with Crippen LogP contribution in [0.25, 0.3) is 10.9 Å². The van der Waals surface area contributed by atoms with E-state index in [1.165, 1.54) is 48.1 Å². The Labute approximate surface area is 158 Å². The largest absolute Gasteiger partial charge is 0.495 e. The first-order valence-electron chi connectivity index (χ1n) is 7.80. The van der Waals surface area contributed by atoms with E-state index >= 15 is 0 Å². The monoisotopic (exact) mass is 387 g/mol. The van der Waals surface area contributed by atoms with Crippen molar-refractivity contribution in [2.24, 2.45) is 0 Å². The quantitative estimate of drug-likeness (QED) is 0.534. The van der Waals surface area contributed by atoms with Gasteiger partial charge in [0.25, 0.3) is 11.2 Å². The zero-order chi connectivity index (χ0) is 19.6. The van der Waals surface area contributed by atoms with Crippen molar-refractivity contribution in [3.05, 3.63) is 74.0 Å². The number of nitro groups is 1. The number of halogens is 1. The third-order valence-electron chi connectivity index (χ3n) is 3.92. The van der Waals surface area contributed by atoms with E-state index in [1.807, 2.05) is 0 Å². The molecule has 0 aliphatic heterocycles. The summed E-state index contributed by atoms with van der Waals surface area (Å²) < 4.78 is 6.30. The maximum Gasteiger partial charge on any atom is 0.270 e. The molecular formula is C18H14ClN3O5. The van der Waals surface area contributed by atoms with Gasteiger partial charge >= 0.3 is 0 Å². The predicted octanol–water partition coefficient (Wildman–Crippen LogP) is 3.21. The van der Waals surface area contributed by atoms with Crippen LogP contribution in [0.1, 0.15) is 0 Å². The number of nitrogens with zero attached hydrogens (tertiary/aromatic N) is 2. The molecule has 1 N–H and O–H groups in total. The van der Waals surface area contributed by atoms with Crippen molar-refractivity contribution < 1.29 is 14.5 Å². The molecule has 0 saturated heterocycles. The average Bonchev–Trinajstić information content (AvgIpc) is 2.63. The van der Waals surface area contributed by atoms with Gasteiger partial charge in [0.1, 0.15) is 12.3 Å². The topological polar surface area (TPSA) is 103 Å². The maximum atomic E-state index is 12.4. The van der Waals surface area contributed by atoms with Crippen molar-refractivity contribution >= 4 is 39.8 Å². The van der Waals surface area contributed by atoms with Crippen LogP contribution in [0.3, 0.4) is 0 Å². The Balaban J connectivity index is 1.88. The molecule has 0 fully saturated rings. The number of fused-ring (bicyclic) bond motifs is 1. The van der Waals surface area contributed by atoms with Crippen LogP contribution in [0.2, 0.25) is 5.02 Å². The van der Waals surface area contributed by atoms with Gasteiger partial charge in [0, 0.05) is 29.3 Å². The van der Waals surface area contributed by atoms with Crippen molar-refractivity contribution in [1.29, 1.82) is 0 Å². The number of methoxy groups -OCH3 is 1. The Bertz CT molecular complexity index is 1110. The van der Waals surface area contributed by atoms with E-state index < -0.39 is 10.8 Å². The lowest BCUT2D eigenvalue weighted by Gasteiger charge is -2.11.